The van der Waals surface area contributed by atoms with Gasteiger partial charge in [-0.05, 0) is 61.1 Å². The van der Waals surface area contributed by atoms with Gasteiger partial charge in [-0.25, -0.2) is 0 Å². The normalized spacial score (nSPS) is 16.3. The number of aromatic nitrogens is 3. The van der Waals surface area contributed by atoms with Crippen molar-refractivity contribution in [3.05, 3.63) is 59.1 Å². The average Bonchev–Trinajstić information content (AvgIpc) is 3.10. The van der Waals surface area contributed by atoms with Gasteiger partial charge < -0.3 is 9.74 Å². The highest BCUT2D eigenvalue weighted by atomic mass is 35.5. The molecule has 0 bridgehead atoms. The first-order valence-electron chi connectivity index (χ1n) is 9.61. The second kappa shape index (κ2) is 8.19. The molecule has 1 fully saturated rings. The molecular formula is C21H23ClN4O2. The van der Waals surface area contributed by atoms with Crippen LogP contribution in [-0.4, -0.2) is 45.2 Å². The van der Waals surface area contributed by atoms with Crippen molar-refractivity contribution in [3.63, 3.8) is 0 Å². The van der Waals surface area contributed by atoms with E-state index in [-0.39, 0.29) is 5.91 Å². The zero-order valence-corrected chi connectivity index (χ0v) is 16.5. The van der Waals surface area contributed by atoms with Crippen LogP contribution in [0.5, 0.6) is 0 Å². The summed E-state index contributed by atoms with van der Waals surface area (Å²) in [6.07, 6.45) is 2.44. The summed E-state index contributed by atoms with van der Waals surface area (Å²) in [5, 5.41) is 8.59. The Morgan fingerprint density at radius 1 is 1.21 bits per heavy atom. The summed E-state index contributed by atoms with van der Waals surface area (Å²) >= 11 is 6.04. The summed E-state index contributed by atoms with van der Waals surface area (Å²) in [5.74, 6) is 0.591. The monoisotopic (exact) mass is 398 g/mol. The number of benzene rings is 2. The molecule has 0 N–H and O–H groups in total. The smallest absolute Gasteiger partial charge is 0.266 e. The molecule has 146 valence electrons. The van der Waals surface area contributed by atoms with Crippen LogP contribution in [0.4, 0.5) is 0 Å². The predicted octanol–water partition coefficient (Wildman–Crippen LogP) is 3.38. The van der Waals surface area contributed by atoms with E-state index >= 15 is 0 Å². The summed E-state index contributed by atoms with van der Waals surface area (Å²) in [6, 6.07) is 15.8. The van der Waals surface area contributed by atoms with Gasteiger partial charge in [0.2, 0.25) is 6.10 Å². The van der Waals surface area contributed by atoms with Crippen LogP contribution in [0.1, 0.15) is 25.3 Å². The Balaban J connectivity index is 1.33. The number of amides is 1. The zero-order chi connectivity index (χ0) is 19.5. The lowest BCUT2D eigenvalue weighted by molar-refractivity contribution is -0.145. The number of hydrogen-bond acceptors (Lipinski definition) is 4. The minimum absolute atomic E-state index is 0.0242. The molecule has 28 heavy (non-hydrogen) atoms. The van der Waals surface area contributed by atoms with Crippen molar-refractivity contribution in [1.29, 1.82) is 0 Å². The maximum absolute atomic E-state index is 12.8. The maximum atomic E-state index is 12.8. The molecule has 0 aliphatic carbocycles. The third kappa shape index (κ3) is 4.12. The number of hydrogen-bond donors (Lipinski definition) is 0. The van der Waals surface area contributed by atoms with Gasteiger partial charge in [-0.15, -0.1) is 5.10 Å². The van der Waals surface area contributed by atoms with Crippen LogP contribution in [0.2, 0.25) is 5.02 Å². The van der Waals surface area contributed by atoms with Crippen molar-refractivity contribution in [3.8, 4) is 0 Å². The molecule has 4 rings (SSSR count). The molecule has 2 heterocycles. The first kappa shape index (κ1) is 18.7. The molecule has 1 unspecified atom stereocenters. The van der Waals surface area contributed by atoms with E-state index in [4.69, 9.17) is 16.4 Å². The van der Waals surface area contributed by atoms with E-state index in [1.54, 1.807) is 25.1 Å². The fraction of sp³-hybridized carbons (Fsp3) is 0.381. The first-order valence-corrected chi connectivity index (χ1v) is 9.99. The van der Waals surface area contributed by atoms with E-state index in [1.165, 1.54) is 10.4 Å². The highest BCUT2D eigenvalue weighted by Crippen LogP contribution is 2.22. The van der Waals surface area contributed by atoms with Gasteiger partial charge in [0.25, 0.3) is 5.91 Å². The molecule has 1 saturated heterocycles. The molecule has 6 nitrogen and oxygen atoms in total. The standard InChI is InChI=1S/C21H23ClN4O2/c1-15(28-26-20-14-18(22)7-8-19(20)23-24-26)21(27)25-11-9-17(10-12-25)13-16-5-3-2-4-6-16/h2-8,14-15,17H,9-13H2,1H3. The number of fused-ring (bicyclic) bond motifs is 1. The molecule has 1 atom stereocenters. The molecular weight excluding hydrogens is 376 g/mol. The van der Waals surface area contributed by atoms with Gasteiger partial charge in [0, 0.05) is 18.1 Å². The van der Waals surface area contributed by atoms with E-state index < -0.39 is 6.10 Å². The van der Waals surface area contributed by atoms with Crippen molar-refractivity contribution in [2.24, 2.45) is 5.92 Å². The molecule has 2 aromatic carbocycles. The number of likely N-dealkylation sites (tertiary alicyclic amines) is 1. The van der Waals surface area contributed by atoms with Gasteiger partial charge >= 0.3 is 0 Å². The average molecular weight is 399 g/mol. The SMILES string of the molecule is CC(On1nnc2ccc(Cl)cc21)C(=O)N1CCC(Cc2ccccc2)CC1. The third-order valence-electron chi connectivity index (χ3n) is 5.28. The van der Waals surface area contributed by atoms with Gasteiger partial charge in [0.05, 0.1) is 0 Å². The van der Waals surface area contributed by atoms with Crippen LogP contribution in [0, 0.1) is 5.92 Å². The number of carbonyl (C=O) groups is 1. The summed E-state index contributed by atoms with van der Waals surface area (Å²) in [7, 11) is 0. The molecule has 0 saturated carbocycles. The van der Waals surface area contributed by atoms with Crippen LogP contribution in [0.25, 0.3) is 11.0 Å². The van der Waals surface area contributed by atoms with Crippen LogP contribution in [0.15, 0.2) is 48.5 Å². The van der Waals surface area contributed by atoms with E-state index in [1.807, 2.05) is 11.0 Å². The fourth-order valence-electron chi connectivity index (χ4n) is 3.71. The zero-order valence-electron chi connectivity index (χ0n) is 15.8. The van der Waals surface area contributed by atoms with Crippen LogP contribution >= 0.6 is 11.6 Å². The Kier molecular flexibility index (Phi) is 5.48. The summed E-state index contributed by atoms with van der Waals surface area (Å²) < 4.78 is 0. The number of halogens is 1. The highest BCUT2D eigenvalue weighted by molar-refractivity contribution is 6.31. The van der Waals surface area contributed by atoms with E-state index in [0.29, 0.717) is 22.0 Å². The van der Waals surface area contributed by atoms with Crippen LogP contribution in [0.3, 0.4) is 0 Å². The first-order chi connectivity index (χ1) is 13.6. The molecule has 1 aliphatic rings. The number of nitrogens with zero attached hydrogens (tertiary/aromatic N) is 4. The summed E-state index contributed by atoms with van der Waals surface area (Å²) in [4.78, 5) is 21.7. The van der Waals surface area contributed by atoms with Crippen LogP contribution in [-0.2, 0) is 11.2 Å². The molecule has 0 spiro atoms. The number of rotatable bonds is 5. The second-order valence-electron chi connectivity index (χ2n) is 7.30. The van der Waals surface area contributed by atoms with Crippen molar-refractivity contribution < 1.29 is 9.63 Å². The number of carbonyl (C=O) groups excluding carboxylic acids is 1. The maximum Gasteiger partial charge on any atom is 0.266 e. The topological polar surface area (TPSA) is 60.2 Å². The molecule has 1 amide bonds. The quantitative estimate of drug-likeness (QED) is 0.661. The fourth-order valence-corrected chi connectivity index (χ4v) is 3.87. The molecule has 3 aromatic rings. The largest absolute Gasteiger partial charge is 0.382 e. The predicted molar refractivity (Wildman–Crippen MR) is 108 cm³/mol. The third-order valence-corrected chi connectivity index (χ3v) is 5.51. The highest BCUT2D eigenvalue weighted by Gasteiger charge is 2.28. The lowest BCUT2D eigenvalue weighted by atomic mass is 9.90. The van der Waals surface area contributed by atoms with Gasteiger partial charge in [0.15, 0.2) is 0 Å². The second-order valence-corrected chi connectivity index (χ2v) is 7.74. The Morgan fingerprint density at radius 3 is 2.71 bits per heavy atom. The van der Waals surface area contributed by atoms with Crippen molar-refractivity contribution in [1.82, 2.24) is 20.1 Å². The van der Waals surface area contributed by atoms with E-state index in [0.717, 1.165) is 32.4 Å². The Bertz CT molecular complexity index is 951. The Labute approximate surface area is 169 Å². The minimum atomic E-state index is -0.644. The molecule has 1 aliphatic heterocycles. The van der Waals surface area contributed by atoms with Crippen LogP contribution < -0.4 is 4.84 Å². The molecule has 7 heteroatoms. The lowest BCUT2D eigenvalue weighted by Crippen LogP contribution is -2.46. The summed E-state index contributed by atoms with van der Waals surface area (Å²) in [5.41, 5.74) is 2.68. The minimum Gasteiger partial charge on any atom is -0.382 e. The van der Waals surface area contributed by atoms with Crippen molar-refractivity contribution in [2.45, 2.75) is 32.3 Å². The van der Waals surface area contributed by atoms with Gasteiger partial charge in [-0.1, -0.05) is 46.8 Å². The van der Waals surface area contributed by atoms with Gasteiger partial charge in [-0.2, -0.15) is 0 Å². The van der Waals surface area contributed by atoms with Gasteiger partial charge in [-0.3, -0.25) is 4.79 Å². The Hall–Kier alpha value is -2.60. The van der Waals surface area contributed by atoms with E-state index in [2.05, 4.69) is 34.6 Å². The number of piperidine rings is 1. The molecule has 0 radical (unpaired) electrons. The van der Waals surface area contributed by atoms with Crippen molar-refractivity contribution in [2.75, 3.05) is 13.1 Å². The van der Waals surface area contributed by atoms with Gasteiger partial charge in [0.1, 0.15) is 11.0 Å². The van der Waals surface area contributed by atoms with E-state index in [9.17, 15) is 4.79 Å². The van der Waals surface area contributed by atoms with Crippen molar-refractivity contribution >= 4 is 28.5 Å². The Morgan fingerprint density at radius 2 is 1.96 bits per heavy atom. The molecule has 1 aromatic heterocycles. The summed E-state index contributed by atoms with van der Waals surface area (Å²) in [6.45, 7) is 3.26. The lowest BCUT2D eigenvalue weighted by Gasteiger charge is -2.33.